The molecule has 3 nitrogen and oxygen atoms in total. The Labute approximate surface area is 117 Å². The number of nitrogen functional groups attached to an aromatic ring is 1. The molecule has 0 aliphatic heterocycles. The summed E-state index contributed by atoms with van der Waals surface area (Å²) in [4.78, 5) is 12.9. The highest BCUT2D eigenvalue weighted by Gasteiger charge is 2.17. The smallest absolute Gasteiger partial charge is 0.263 e. The lowest BCUT2D eigenvalue weighted by Crippen LogP contribution is -2.32. The van der Waals surface area contributed by atoms with Crippen molar-refractivity contribution in [3.8, 4) is 0 Å². The van der Waals surface area contributed by atoms with Crippen LogP contribution in [0.2, 0.25) is 0 Å². The summed E-state index contributed by atoms with van der Waals surface area (Å²) < 4.78 is 1.07. The first-order valence-electron chi connectivity index (χ1n) is 6.62. The minimum atomic E-state index is -0.0581. The zero-order valence-electron chi connectivity index (χ0n) is 11.6. The third kappa shape index (κ3) is 2.89. The Morgan fingerprint density at radius 1 is 1.47 bits per heavy atom. The van der Waals surface area contributed by atoms with E-state index in [1.807, 2.05) is 26.0 Å². The molecule has 0 radical (unpaired) electrons. The van der Waals surface area contributed by atoms with Crippen LogP contribution in [0.15, 0.2) is 18.2 Å². The number of carbonyl (C=O) groups is 1. The lowest BCUT2D eigenvalue weighted by Gasteiger charge is -2.11. The average Bonchev–Trinajstić information content (AvgIpc) is 2.66. The number of hydrogen-bond acceptors (Lipinski definition) is 3. The second kappa shape index (κ2) is 5.61. The molecular weight excluding hydrogens is 256 g/mol. The van der Waals surface area contributed by atoms with Crippen LogP contribution in [0.3, 0.4) is 0 Å². The van der Waals surface area contributed by atoms with Gasteiger partial charge >= 0.3 is 0 Å². The summed E-state index contributed by atoms with van der Waals surface area (Å²) in [6.07, 6.45) is 2.04. The van der Waals surface area contributed by atoms with Gasteiger partial charge in [-0.05, 0) is 31.9 Å². The van der Waals surface area contributed by atoms with E-state index in [1.165, 1.54) is 16.9 Å². The number of fused-ring (bicyclic) bond motifs is 1. The number of anilines is 1. The third-order valence-electron chi connectivity index (χ3n) is 3.19. The maximum atomic E-state index is 12.2. The van der Waals surface area contributed by atoms with Gasteiger partial charge in [-0.1, -0.05) is 25.5 Å². The van der Waals surface area contributed by atoms with Gasteiger partial charge in [0.1, 0.15) is 4.88 Å². The summed E-state index contributed by atoms with van der Waals surface area (Å²) in [5, 5.41) is 3.98. The quantitative estimate of drug-likeness (QED) is 0.894. The summed E-state index contributed by atoms with van der Waals surface area (Å²) in [5.74, 6) is -0.0581. The molecule has 4 heteroatoms. The molecule has 0 aliphatic carbocycles. The number of aryl methyl sites for hydroxylation is 1. The molecule has 0 aliphatic rings. The van der Waals surface area contributed by atoms with Crippen LogP contribution >= 0.6 is 11.3 Å². The molecule has 0 bridgehead atoms. The van der Waals surface area contributed by atoms with Crippen molar-refractivity contribution in [1.29, 1.82) is 0 Å². The van der Waals surface area contributed by atoms with Gasteiger partial charge in [0.15, 0.2) is 0 Å². The van der Waals surface area contributed by atoms with Crippen LogP contribution in [0.1, 0.15) is 41.9 Å². The Balaban J connectivity index is 2.29. The zero-order valence-corrected chi connectivity index (χ0v) is 12.4. The first kappa shape index (κ1) is 13.9. The SMILES string of the molecule is CCCC(C)NC(=O)c1sc2cc(C)ccc2c1N. The highest BCUT2D eigenvalue weighted by molar-refractivity contribution is 7.21. The fourth-order valence-corrected chi connectivity index (χ4v) is 3.31. The Hall–Kier alpha value is -1.55. The minimum Gasteiger partial charge on any atom is -0.397 e. The van der Waals surface area contributed by atoms with E-state index >= 15 is 0 Å². The predicted octanol–water partition coefficient (Wildman–Crippen LogP) is 3.71. The van der Waals surface area contributed by atoms with Gasteiger partial charge in [0.25, 0.3) is 5.91 Å². The number of rotatable bonds is 4. The maximum Gasteiger partial charge on any atom is 0.263 e. The van der Waals surface area contributed by atoms with Crippen molar-refractivity contribution in [3.05, 3.63) is 28.6 Å². The summed E-state index contributed by atoms with van der Waals surface area (Å²) >= 11 is 1.47. The van der Waals surface area contributed by atoms with Gasteiger partial charge in [0.2, 0.25) is 0 Å². The monoisotopic (exact) mass is 276 g/mol. The third-order valence-corrected chi connectivity index (χ3v) is 4.36. The van der Waals surface area contributed by atoms with Crippen LogP contribution in [0, 0.1) is 6.92 Å². The van der Waals surface area contributed by atoms with E-state index < -0.39 is 0 Å². The van der Waals surface area contributed by atoms with Gasteiger partial charge in [-0.15, -0.1) is 11.3 Å². The van der Waals surface area contributed by atoms with Gasteiger partial charge < -0.3 is 11.1 Å². The molecule has 1 aromatic carbocycles. The van der Waals surface area contributed by atoms with Gasteiger partial charge in [0, 0.05) is 16.1 Å². The fraction of sp³-hybridized carbons (Fsp3) is 0.400. The van der Waals surface area contributed by atoms with Crippen molar-refractivity contribution < 1.29 is 4.79 Å². The van der Waals surface area contributed by atoms with E-state index in [9.17, 15) is 4.79 Å². The number of amides is 1. The predicted molar refractivity (Wildman–Crippen MR) is 82.8 cm³/mol. The second-order valence-corrected chi connectivity index (χ2v) is 6.06. The van der Waals surface area contributed by atoms with Crippen molar-refractivity contribution in [3.63, 3.8) is 0 Å². The van der Waals surface area contributed by atoms with Crippen LogP contribution in [0.4, 0.5) is 5.69 Å². The molecule has 102 valence electrons. The molecule has 1 atom stereocenters. The highest BCUT2D eigenvalue weighted by atomic mass is 32.1. The number of thiophene rings is 1. The molecule has 1 amide bonds. The molecule has 2 aromatic rings. The Morgan fingerprint density at radius 3 is 2.89 bits per heavy atom. The molecule has 3 N–H and O–H groups in total. The van der Waals surface area contributed by atoms with Gasteiger partial charge in [0.05, 0.1) is 5.69 Å². The standard InChI is InChI=1S/C15H20N2OS/c1-4-5-10(3)17-15(18)14-13(16)11-7-6-9(2)8-12(11)19-14/h6-8,10H,4-5,16H2,1-3H3,(H,17,18). The van der Waals surface area contributed by atoms with Crippen LogP contribution < -0.4 is 11.1 Å². The molecule has 19 heavy (non-hydrogen) atoms. The van der Waals surface area contributed by atoms with Crippen molar-refractivity contribution >= 4 is 33.0 Å². The van der Waals surface area contributed by atoms with E-state index in [1.54, 1.807) is 0 Å². The fourth-order valence-electron chi connectivity index (χ4n) is 2.19. The number of hydrogen-bond donors (Lipinski definition) is 2. The zero-order chi connectivity index (χ0) is 14.0. The minimum absolute atomic E-state index is 0.0581. The second-order valence-electron chi connectivity index (χ2n) is 5.01. The van der Waals surface area contributed by atoms with Crippen LogP contribution in [-0.2, 0) is 0 Å². The number of nitrogens with two attached hydrogens (primary N) is 1. The van der Waals surface area contributed by atoms with E-state index in [0.717, 1.165) is 22.9 Å². The summed E-state index contributed by atoms with van der Waals surface area (Å²) in [6.45, 7) is 6.17. The molecule has 0 saturated heterocycles. The van der Waals surface area contributed by atoms with E-state index in [-0.39, 0.29) is 11.9 Å². The van der Waals surface area contributed by atoms with E-state index in [0.29, 0.717) is 10.6 Å². The molecule has 1 heterocycles. The molecule has 0 saturated carbocycles. The van der Waals surface area contributed by atoms with Crippen LogP contribution in [-0.4, -0.2) is 11.9 Å². The Bertz CT molecular complexity index is 603. The number of benzene rings is 1. The van der Waals surface area contributed by atoms with Gasteiger partial charge in [-0.3, -0.25) is 4.79 Å². The molecule has 0 fully saturated rings. The normalized spacial score (nSPS) is 12.6. The molecular formula is C15H20N2OS. The van der Waals surface area contributed by atoms with Gasteiger partial charge in [-0.25, -0.2) is 0 Å². The largest absolute Gasteiger partial charge is 0.397 e. The van der Waals surface area contributed by atoms with Crippen molar-refractivity contribution in [2.45, 2.75) is 39.7 Å². The van der Waals surface area contributed by atoms with E-state index in [2.05, 4.69) is 18.3 Å². The maximum absolute atomic E-state index is 12.2. The highest BCUT2D eigenvalue weighted by Crippen LogP contribution is 2.34. The topological polar surface area (TPSA) is 55.1 Å². The molecule has 1 unspecified atom stereocenters. The number of nitrogens with one attached hydrogen (secondary N) is 1. The Morgan fingerprint density at radius 2 is 2.21 bits per heavy atom. The van der Waals surface area contributed by atoms with Crippen molar-refractivity contribution in [2.24, 2.45) is 0 Å². The van der Waals surface area contributed by atoms with E-state index in [4.69, 9.17) is 5.73 Å². The molecule has 1 aromatic heterocycles. The van der Waals surface area contributed by atoms with Crippen molar-refractivity contribution in [2.75, 3.05) is 5.73 Å². The Kier molecular flexibility index (Phi) is 4.10. The van der Waals surface area contributed by atoms with Crippen LogP contribution in [0.5, 0.6) is 0 Å². The van der Waals surface area contributed by atoms with Crippen molar-refractivity contribution in [1.82, 2.24) is 5.32 Å². The first-order chi connectivity index (χ1) is 9.02. The molecule has 0 spiro atoms. The number of carbonyl (C=O) groups excluding carboxylic acids is 1. The average molecular weight is 276 g/mol. The lowest BCUT2D eigenvalue weighted by molar-refractivity contribution is 0.0943. The van der Waals surface area contributed by atoms with Crippen LogP contribution in [0.25, 0.3) is 10.1 Å². The summed E-state index contributed by atoms with van der Waals surface area (Å²) in [7, 11) is 0. The summed E-state index contributed by atoms with van der Waals surface area (Å²) in [5.41, 5.74) is 7.87. The van der Waals surface area contributed by atoms with Gasteiger partial charge in [-0.2, -0.15) is 0 Å². The first-order valence-corrected chi connectivity index (χ1v) is 7.44. The lowest BCUT2D eigenvalue weighted by atomic mass is 10.1. The molecule has 2 rings (SSSR count). The summed E-state index contributed by atoms with van der Waals surface area (Å²) in [6, 6.07) is 6.27.